The van der Waals surface area contributed by atoms with Crippen LogP contribution in [0.15, 0.2) is 35.9 Å². The van der Waals surface area contributed by atoms with Crippen LogP contribution in [0, 0.1) is 0 Å². The molecule has 0 fully saturated rings. The lowest BCUT2D eigenvalue weighted by atomic mass is 9.78. The molecular weight excluding hydrogens is 194 g/mol. The molecule has 2 aliphatic rings. The third-order valence-electron chi connectivity index (χ3n) is 3.99. The van der Waals surface area contributed by atoms with Crippen LogP contribution in [0.2, 0.25) is 0 Å². The molecule has 82 valence electrons. The molecule has 0 saturated heterocycles. The van der Waals surface area contributed by atoms with Gasteiger partial charge in [-0.25, -0.2) is 0 Å². The molecule has 0 unspecified atom stereocenters. The van der Waals surface area contributed by atoms with E-state index >= 15 is 0 Å². The third kappa shape index (κ3) is 1.03. The van der Waals surface area contributed by atoms with E-state index in [-0.39, 0.29) is 5.41 Å². The Morgan fingerprint density at radius 1 is 1.25 bits per heavy atom. The fraction of sp³-hybridized carbons (Fsp3) is 0.400. The smallest absolute Gasteiger partial charge is 0.194 e. The van der Waals surface area contributed by atoms with Gasteiger partial charge in [-0.15, -0.1) is 0 Å². The van der Waals surface area contributed by atoms with Crippen LogP contribution in [0.25, 0.3) is 0 Å². The lowest BCUT2D eigenvalue weighted by molar-refractivity contribution is -0.428. The molecule has 2 aliphatic heterocycles. The maximum atomic E-state index is 2.50. The summed E-state index contributed by atoms with van der Waals surface area (Å²) < 4.78 is 2.50. The summed E-state index contributed by atoms with van der Waals surface area (Å²) in [7, 11) is 0. The van der Waals surface area contributed by atoms with Gasteiger partial charge in [-0.3, -0.25) is 0 Å². The molecule has 0 radical (unpaired) electrons. The molecule has 0 spiro atoms. The minimum absolute atomic E-state index is 0.176. The van der Waals surface area contributed by atoms with Gasteiger partial charge in [-0.05, 0) is 20.8 Å². The standard InChI is InChI=1S/C15H18N/c1-4-11-9-10-16-13-8-6-5-7-12(13)15(2,3)14(11)16/h4-8H,9-10H2,1-3H3/q+1/b11-4+. The van der Waals surface area contributed by atoms with Crippen LogP contribution >= 0.6 is 0 Å². The van der Waals surface area contributed by atoms with Gasteiger partial charge in [0.15, 0.2) is 12.3 Å². The summed E-state index contributed by atoms with van der Waals surface area (Å²) in [5.74, 6) is 0. The molecule has 0 aromatic heterocycles. The number of fused-ring (bicyclic) bond motifs is 2. The number of hydrogen-bond donors (Lipinski definition) is 0. The Kier molecular flexibility index (Phi) is 1.88. The topological polar surface area (TPSA) is 3.01 Å². The van der Waals surface area contributed by atoms with Crippen molar-refractivity contribution in [1.82, 2.24) is 0 Å². The molecule has 0 aliphatic carbocycles. The fourth-order valence-corrected chi connectivity index (χ4v) is 3.26. The quantitative estimate of drug-likeness (QED) is 0.580. The molecule has 1 aromatic carbocycles. The first-order chi connectivity index (χ1) is 7.66. The van der Waals surface area contributed by atoms with E-state index in [0.29, 0.717) is 0 Å². The zero-order chi connectivity index (χ0) is 11.3. The average molecular weight is 212 g/mol. The molecule has 0 atom stereocenters. The highest BCUT2D eigenvalue weighted by Crippen LogP contribution is 2.44. The van der Waals surface area contributed by atoms with E-state index in [1.54, 1.807) is 0 Å². The largest absolute Gasteiger partial charge is 0.209 e. The monoisotopic (exact) mass is 212 g/mol. The molecule has 0 N–H and O–H groups in total. The van der Waals surface area contributed by atoms with Crippen molar-refractivity contribution in [2.75, 3.05) is 6.54 Å². The highest BCUT2D eigenvalue weighted by Gasteiger charge is 2.49. The Labute approximate surface area is 97.1 Å². The molecule has 0 bridgehead atoms. The fourth-order valence-electron chi connectivity index (χ4n) is 3.26. The zero-order valence-corrected chi connectivity index (χ0v) is 10.2. The summed E-state index contributed by atoms with van der Waals surface area (Å²) in [4.78, 5) is 0. The SMILES string of the molecule is C/C=C1\CC[N+]2=C1C(C)(C)c1ccccc12. The van der Waals surface area contributed by atoms with Crippen molar-refractivity contribution < 1.29 is 4.58 Å². The number of rotatable bonds is 0. The molecule has 3 rings (SSSR count). The van der Waals surface area contributed by atoms with Crippen molar-refractivity contribution in [2.45, 2.75) is 32.6 Å². The first-order valence-electron chi connectivity index (χ1n) is 6.06. The van der Waals surface area contributed by atoms with Gasteiger partial charge in [0.25, 0.3) is 0 Å². The summed E-state index contributed by atoms with van der Waals surface area (Å²) in [6, 6.07) is 8.82. The minimum atomic E-state index is 0.176. The van der Waals surface area contributed by atoms with Crippen molar-refractivity contribution in [3.63, 3.8) is 0 Å². The van der Waals surface area contributed by atoms with E-state index < -0.39 is 0 Å². The Morgan fingerprint density at radius 2 is 2.00 bits per heavy atom. The van der Waals surface area contributed by atoms with Gasteiger partial charge in [0.2, 0.25) is 5.69 Å². The summed E-state index contributed by atoms with van der Waals surface area (Å²) in [6.45, 7) is 7.99. The lowest BCUT2D eigenvalue weighted by Gasteiger charge is -2.17. The van der Waals surface area contributed by atoms with E-state index in [9.17, 15) is 0 Å². The molecule has 0 saturated carbocycles. The van der Waals surface area contributed by atoms with Crippen molar-refractivity contribution >= 4 is 11.4 Å². The van der Waals surface area contributed by atoms with Crippen molar-refractivity contribution in [3.8, 4) is 0 Å². The van der Waals surface area contributed by atoms with Crippen LogP contribution in [-0.4, -0.2) is 16.8 Å². The molecule has 1 aromatic rings. The third-order valence-corrected chi connectivity index (χ3v) is 3.99. The predicted octanol–water partition coefficient (Wildman–Crippen LogP) is 3.41. The maximum Gasteiger partial charge on any atom is 0.209 e. The van der Waals surface area contributed by atoms with Crippen molar-refractivity contribution in [1.29, 1.82) is 0 Å². The van der Waals surface area contributed by atoms with Crippen molar-refractivity contribution in [2.24, 2.45) is 0 Å². The van der Waals surface area contributed by atoms with Gasteiger partial charge in [-0.1, -0.05) is 24.3 Å². The van der Waals surface area contributed by atoms with Crippen LogP contribution in [0.1, 0.15) is 32.8 Å². The highest BCUT2D eigenvalue weighted by atomic mass is 15.1. The van der Waals surface area contributed by atoms with Crippen LogP contribution < -0.4 is 0 Å². The number of nitrogens with zero attached hydrogens (tertiary/aromatic N) is 1. The summed E-state index contributed by atoms with van der Waals surface area (Å²) in [6.07, 6.45) is 3.48. The van der Waals surface area contributed by atoms with Crippen LogP contribution in [0.4, 0.5) is 5.69 Å². The first-order valence-corrected chi connectivity index (χ1v) is 6.06. The zero-order valence-electron chi connectivity index (χ0n) is 10.2. The van der Waals surface area contributed by atoms with Crippen LogP contribution in [0.3, 0.4) is 0 Å². The Morgan fingerprint density at radius 3 is 2.75 bits per heavy atom. The molecule has 0 amide bonds. The normalized spacial score (nSPS) is 23.8. The second-order valence-electron chi connectivity index (χ2n) is 5.21. The van der Waals surface area contributed by atoms with E-state index in [1.165, 1.54) is 29.0 Å². The molecule has 1 heteroatoms. The van der Waals surface area contributed by atoms with Gasteiger partial charge in [0, 0.05) is 23.6 Å². The van der Waals surface area contributed by atoms with E-state index in [4.69, 9.17) is 0 Å². The number of hydrogen-bond acceptors (Lipinski definition) is 0. The summed E-state index contributed by atoms with van der Waals surface area (Å²) in [5.41, 5.74) is 6.12. The Balaban J connectivity index is 2.29. The maximum absolute atomic E-state index is 2.50. The summed E-state index contributed by atoms with van der Waals surface area (Å²) >= 11 is 0. The predicted molar refractivity (Wildman–Crippen MR) is 67.6 cm³/mol. The highest BCUT2D eigenvalue weighted by molar-refractivity contribution is 6.07. The van der Waals surface area contributed by atoms with Gasteiger partial charge in [-0.2, -0.15) is 4.58 Å². The number of para-hydroxylation sites is 1. The number of allylic oxidation sites excluding steroid dienone is 1. The van der Waals surface area contributed by atoms with Crippen molar-refractivity contribution in [3.05, 3.63) is 41.5 Å². The van der Waals surface area contributed by atoms with Crippen LogP contribution in [0.5, 0.6) is 0 Å². The van der Waals surface area contributed by atoms with Gasteiger partial charge in [0.1, 0.15) is 0 Å². The second kappa shape index (κ2) is 3.07. The molecule has 2 heterocycles. The molecule has 16 heavy (non-hydrogen) atoms. The first kappa shape index (κ1) is 9.83. The van der Waals surface area contributed by atoms with Gasteiger partial charge in [0.05, 0.1) is 5.41 Å². The van der Waals surface area contributed by atoms with E-state index in [1.807, 2.05) is 0 Å². The van der Waals surface area contributed by atoms with Crippen LogP contribution in [-0.2, 0) is 5.41 Å². The van der Waals surface area contributed by atoms with E-state index in [0.717, 1.165) is 6.54 Å². The van der Waals surface area contributed by atoms with E-state index in [2.05, 4.69) is 55.7 Å². The summed E-state index contributed by atoms with van der Waals surface area (Å²) in [5, 5.41) is 0. The van der Waals surface area contributed by atoms with Gasteiger partial charge >= 0.3 is 0 Å². The molecule has 1 nitrogen and oxygen atoms in total. The minimum Gasteiger partial charge on any atom is -0.194 e. The average Bonchev–Trinajstić information content (AvgIpc) is 2.80. The number of benzene rings is 1. The molecular formula is C15H18N+. The Bertz CT molecular complexity index is 518. The Hall–Kier alpha value is -1.37. The second-order valence-corrected chi connectivity index (χ2v) is 5.21. The lowest BCUT2D eigenvalue weighted by Crippen LogP contribution is -2.27. The van der Waals surface area contributed by atoms with Gasteiger partial charge < -0.3 is 0 Å².